The third-order valence-electron chi connectivity index (χ3n) is 2.65. The second-order valence-electron chi connectivity index (χ2n) is 3.94. The summed E-state index contributed by atoms with van der Waals surface area (Å²) >= 11 is 0. The lowest BCUT2D eigenvalue weighted by Crippen LogP contribution is -2.04. The largest absolute Gasteiger partial charge is 0.464 e. The van der Waals surface area contributed by atoms with Crippen LogP contribution in [0.4, 0.5) is 5.82 Å². The Morgan fingerprint density at radius 2 is 2.06 bits per heavy atom. The number of aromatic nitrogens is 3. The van der Waals surface area contributed by atoms with Gasteiger partial charge in [-0.2, -0.15) is 0 Å². The van der Waals surface area contributed by atoms with Crippen molar-refractivity contribution < 1.29 is 4.42 Å². The molecule has 3 aromatic heterocycles. The van der Waals surface area contributed by atoms with Crippen LogP contribution >= 0.6 is 0 Å². The fourth-order valence-electron chi connectivity index (χ4n) is 1.81. The molecule has 90 valence electrons. The van der Waals surface area contributed by atoms with Crippen molar-refractivity contribution in [2.75, 3.05) is 5.32 Å². The van der Waals surface area contributed by atoms with Gasteiger partial charge in [-0.15, -0.1) is 0 Å². The van der Waals surface area contributed by atoms with E-state index in [-0.39, 0.29) is 0 Å². The van der Waals surface area contributed by atoms with Gasteiger partial charge in [0.15, 0.2) is 0 Å². The van der Waals surface area contributed by atoms with Crippen LogP contribution in [0, 0.1) is 6.92 Å². The molecule has 0 aliphatic carbocycles. The van der Waals surface area contributed by atoms with Gasteiger partial charge < -0.3 is 9.73 Å². The van der Waals surface area contributed by atoms with E-state index in [1.165, 1.54) is 0 Å². The van der Waals surface area contributed by atoms with Gasteiger partial charge in [-0.25, -0.2) is 15.0 Å². The summed E-state index contributed by atoms with van der Waals surface area (Å²) < 4.78 is 5.32. The van der Waals surface area contributed by atoms with Crippen LogP contribution in [0.3, 0.4) is 0 Å². The molecule has 0 aliphatic rings. The van der Waals surface area contributed by atoms with E-state index < -0.39 is 0 Å². The average Bonchev–Trinajstić information content (AvgIpc) is 2.85. The van der Waals surface area contributed by atoms with Gasteiger partial charge in [-0.1, -0.05) is 0 Å². The summed E-state index contributed by atoms with van der Waals surface area (Å²) in [7, 11) is 0. The zero-order valence-electron chi connectivity index (χ0n) is 9.92. The van der Waals surface area contributed by atoms with Crippen LogP contribution in [-0.2, 0) is 6.54 Å². The number of aryl methyl sites for hydroxylation is 1. The molecule has 3 rings (SSSR count). The Balaban J connectivity index is 1.83. The molecule has 5 nitrogen and oxygen atoms in total. The van der Waals surface area contributed by atoms with E-state index in [9.17, 15) is 0 Å². The molecule has 0 fully saturated rings. The second kappa shape index (κ2) is 4.44. The number of hydrogen-bond donors (Lipinski definition) is 1. The minimum atomic E-state index is 0.612. The Kier molecular flexibility index (Phi) is 2.64. The fourth-order valence-corrected chi connectivity index (χ4v) is 1.81. The third-order valence-corrected chi connectivity index (χ3v) is 2.65. The lowest BCUT2D eigenvalue weighted by atomic mass is 10.3. The highest BCUT2D eigenvalue weighted by atomic mass is 16.3. The minimum Gasteiger partial charge on any atom is -0.464 e. The van der Waals surface area contributed by atoms with Gasteiger partial charge in [0.1, 0.15) is 17.2 Å². The highest BCUT2D eigenvalue weighted by Crippen LogP contribution is 2.21. The van der Waals surface area contributed by atoms with Crippen molar-refractivity contribution in [3.8, 4) is 0 Å². The molecule has 5 heteroatoms. The Morgan fingerprint density at radius 1 is 1.17 bits per heavy atom. The quantitative estimate of drug-likeness (QED) is 0.762. The Hall–Kier alpha value is -2.43. The topological polar surface area (TPSA) is 63.8 Å². The highest BCUT2D eigenvalue weighted by Gasteiger charge is 2.04. The number of pyridine rings is 1. The lowest BCUT2D eigenvalue weighted by Gasteiger charge is -2.06. The monoisotopic (exact) mass is 240 g/mol. The number of nitrogens with zero attached hydrogens (tertiary/aromatic N) is 3. The zero-order valence-corrected chi connectivity index (χ0v) is 9.92. The summed E-state index contributed by atoms with van der Waals surface area (Å²) in [6.45, 7) is 2.49. The van der Waals surface area contributed by atoms with E-state index in [0.717, 1.165) is 28.3 Å². The zero-order chi connectivity index (χ0) is 12.4. The highest BCUT2D eigenvalue weighted by molar-refractivity contribution is 5.87. The number of fused-ring (bicyclic) bond motifs is 1. The van der Waals surface area contributed by atoms with E-state index in [1.54, 1.807) is 18.7 Å². The van der Waals surface area contributed by atoms with Gasteiger partial charge in [-0.05, 0) is 25.1 Å². The van der Waals surface area contributed by atoms with Crippen LogP contribution in [0.1, 0.15) is 11.5 Å². The SMILES string of the molecule is Cc1nccc(CNc2nccc3occc23)n1. The van der Waals surface area contributed by atoms with E-state index in [0.29, 0.717) is 6.54 Å². The van der Waals surface area contributed by atoms with Crippen LogP contribution < -0.4 is 5.32 Å². The van der Waals surface area contributed by atoms with Crippen molar-refractivity contribution in [1.82, 2.24) is 15.0 Å². The number of rotatable bonds is 3. The van der Waals surface area contributed by atoms with Gasteiger partial charge in [0.25, 0.3) is 0 Å². The number of nitrogens with one attached hydrogen (secondary N) is 1. The fraction of sp³-hybridized carbons (Fsp3) is 0.154. The molecule has 3 aromatic rings. The number of hydrogen-bond acceptors (Lipinski definition) is 5. The molecule has 0 spiro atoms. The normalized spacial score (nSPS) is 10.7. The maximum Gasteiger partial charge on any atom is 0.139 e. The first-order valence-electron chi connectivity index (χ1n) is 5.67. The molecule has 18 heavy (non-hydrogen) atoms. The van der Waals surface area contributed by atoms with Gasteiger partial charge in [0, 0.05) is 12.4 Å². The standard InChI is InChI=1S/C13H12N4O/c1-9-14-5-2-10(17-9)8-16-13-11-4-7-18-12(11)3-6-15-13/h2-7H,8H2,1H3,(H,15,16). The summed E-state index contributed by atoms with van der Waals surface area (Å²) in [5, 5.41) is 4.23. The molecule has 0 amide bonds. The molecule has 0 aromatic carbocycles. The number of anilines is 1. The van der Waals surface area contributed by atoms with Crippen molar-refractivity contribution >= 4 is 16.8 Å². The van der Waals surface area contributed by atoms with E-state index >= 15 is 0 Å². The molecule has 0 saturated carbocycles. The maximum atomic E-state index is 5.32. The van der Waals surface area contributed by atoms with Crippen LogP contribution in [0.15, 0.2) is 41.3 Å². The predicted molar refractivity (Wildman–Crippen MR) is 68.1 cm³/mol. The van der Waals surface area contributed by atoms with Gasteiger partial charge in [0.2, 0.25) is 0 Å². The smallest absolute Gasteiger partial charge is 0.139 e. The summed E-state index contributed by atoms with van der Waals surface area (Å²) in [5.41, 5.74) is 1.76. The average molecular weight is 240 g/mol. The number of furan rings is 1. The molecule has 0 aliphatic heterocycles. The van der Waals surface area contributed by atoms with Crippen molar-refractivity contribution in [3.63, 3.8) is 0 Å². The molecule has 0 atom stereocenters. The van der Waals surface area contributed by atoms with Gasteiger partial charge in [0.05, 0.1) is 23.9 Å². The van der Waals surface area contributed by atoms with Crippen LogP contribution in [0.2, 0.25) is 0 Å². The van der Waals surface area contributed by atoms with Crippen molar-refractivity contribution in [2.24, 2.45) is 0 Å². The second-order valence-corrected chi connectivity index (χ2v) is 3.94. The molecule has 0 saturated heterocycles. The molecule has 3 heterocycles. The molecular formula is C13H12N4O. The summed E-state index contributed by atoms with van der Waals surface area (Å²) in [5.74, 6) is 1.57. The Labute approximate surface area is 104 Å². The Morgan fingerprint density at radius 3 is 2.94 bits per heavy atom. The van der Waals surface area contributed by atoms with Crippen molar-refractivity contribution in [3.05, 3.63) is 48.4 Å². The molecule has 1 N–H and O–H groups in total. The van der Waals surface area contributed by atoms with Crippen LogP contribution in [0.5, 0.6) is 0 Å². The van der Waals surface area contributed by atoms with E-state index in [2.05, 4.69) is 20.3 Å². The maximum absolute atomic E-state index is 5.32. The molecule has 0 bridgehead atoms. The van der Waals surface area contributed by atoms with E-state index in [4.69, 9.17) is 4.42 Å². The Bertz CT molecular complexity index is 677. The minimum absolute atomic E-state index is 0.612. The third kappa shape index (κ3) is 2.02. The molecule has 0 radical (unpaired) electrons. The summed E-state index contributed by atoms with van der Waals surface area (Å²) in [6.07, 6.45) is 5.14. The first-order chi connectivity index (χ1) is 8.83. The van der Waals surface area contributed by atoms with Crippen LogP contribution in [0.25, 0.3) is 11.0 Å². The predicted octanol–water partition coefficient (Wildman–Crippen LogP) is 2.54. The van der Waals surface area contributed by atoms with E-state index in [1.807, 2.05) is 25.1 Å². The summed E-state index contributed by atoms with van der Waals surface area (Å²) in [6, 6.07) is 5.63. The molecular weight excluding hydrogens is 228 g/mol. The summed E-state index contributed by atoms with van der Waals surface area (Å²) in [4.78, 5) is 12.7. The van der Waals surface area contributed by atoms with Gasteiger partial charge in [-0.3, -0.25) is 0 Å². The molecule has 0 unspecified atom stereocenters. The lowest BCUT2D eigenvalue weighted by molar-refractivity contribution is 0.615. The van der Waals surface area contributed by atoms with Crippen LogP contribution in [-0.4, -0.2) is 15.0 Å². The van der Waals surface area contributed by atoms with Crippen molar-refractivity contribution in [1.29, 1.82) is 0 Å². The first kappa shape index (κ1) is 10.7. The van der Waals surface area contributed by atoms with Crippen molar-refractivity contribution in [2.45, 2.75) is 13.5 Å². The van der Waals surface area contributed by atoms with Gasteiger partial charge >= 0.3 is 0 Å². The first-order valence-corrected chi connectivity index (χ1v) is 5.67.